The smallest absolute Gasteiger partial charge is 0.0901 e. The van der Waals surface area contributed by atoms with Crippen molar-refractivity contribution in [3.05, 3.63) is 36.7 Å². The number of rotatable bonds is 3. The van der Waals surface area contributed by atoms with Gasteiger partial charge < -0.3 is 4.90 Å². The molecule has 0 spiro atoms. The molecule has 2 aliphatic rings. The van der Waals surface area contributed by atoms with Crippen LogP contribution in [0.2, 0.25) is 0 Å². The molecule has 0 saturated carbocycles. The van der Waals surface area contributed by atoms with E-state index in [2.05, 4.69) is 36.0 Å². The van der Waals surface area contributed by atoms with Crippen LogP contribution >= 0.6 is 0 Å². The second-order valence-corrected chi connectivity index (χ2v) is 4.67. The van der Waals surface area contributed by atoms with E-state index >= 15 is 0 Å². The minimum absolute atomic E-state index is 0.465. The van der Waals surface area contributed by atoms with Crippen molar-refractivity contribution in [3.8, 4) is 0 Å². The lowest BCUT2D eigenvalue weighted by Gasteiger charge is -2.41. The zero-order valence-electron chi connectivity index (χ0n) is 10.3. The van der Waals surface area contributed by atoms with Gasteiger partial charge in [0, 0.05) is 25.2 Å². The molecule has 2 rings (SSSR count). The Morgan fingerprint density at radius 1 is 1.44 bits per heavy atom. The van der Waals surface area contributed by atoms with E-state index in [1.165, 1.54) is 37.2 Å². The fraction of sp³-hybridized carbons (Fsp3) is 0.571. The van der Waals surface area contributed by atoms with Gasteiger partial charge in [-0.2, -0.15) is 0 Å². The molecule has 2 aliphatic heterocycles. The molecule has 1 saturated heterocycles. The van der Waals surface area contributed by atoms with Crippen molar-refractivity contribution >= 4 is 0 Å². The summed E-state index contributed by atoms with van der Waals surface area (Å²) in [4.78, 5) is 4.90. The highest BCUT2D eigenvalue weighted by Crippen LogP contribution is 2.30. The third-order valence-corrected chi connectivity index (χ3v) is 3.59. The van der Waals surface area contributed by atoms with Crippen LogP contribution < -0.4 is 0 Å². The van der Waals surface area contributed by atoms with E-state index in [4.69, 9.17) is 0 Å². The maximum Gasteiger partial charge on any atom is 0.0901 e. The zero-order valence-corrected chi connectivity index (χ0v) is 10.3. The Kier molecular flexibility index (Phi) is 3.49. The van der Waals surface area contributed by atoms with E-state index in [-0.39, 0.29) is 0 Å². The number of allylic oxidation sites excluding steroid dienone is 2. The SMILES string of the molecule is C=CN1C(CC)=CC(=C)CC1N1CCCC1. The van der Waals surface area contributed by atoms with Crippen LogP contribution in [0, 0.1) is 0 Å². The first-order valence-electron chi connectivity index (χ1n) is 6.29. The minimum atomic E-state index is 0.465. The molecule has 16 heavy (non-hydrogen) atoms. The first kappa shape index (κ1) is 11.5. The van der Waals surface area contributed by atoms with E-state index in [1.54, 1.807) is 0 Å². The molecule has 2 heterocycles. The molecule has 2 nitrogen and oxygen atoms in total. The monoisotopic (exact) mass is 218 g/mol. The summed E-state index contributed by atoms with van der Waals surface area (Å²) in [6.45, 7) is 12.7. The summed E-state index contributed by atoms with van der Waals surface area (Å²) in [5.74, 6) is 0. The molecule has 0 aromatic heterocycles. The van der Waals surface area contributed by atoms with E-state index in [9.17, 15) is 0 Å². The maximum atomic E-state index is 4.14. The van der Waals surface area contributed by atoms with Crippen LogP contribution in [-0.4, -0.2) is 29.1 Å². The van der Waals surface area contributed by atoms with Gasteiger partial charge in [0.2, 0.25) is 0 Å². The average molecular weight is 218 g/mol. The van der Waals surface area contributed by atoms with Crippen molar-refractivity contribution in [1.82, 2.24) is 9.80 Å². The lowest BCUT2D eigenvalue weighted by atomic mass is 10.0. The van der Waals surface area contributed by atoms with Gasteiger partial charge in [-0.25, -0.2) is 0 Å². The number of hydrogen-bond donors (Lipinski definition) is 0. The normalized spacial score (nSPS) is 27.1. The van der Waals surface area contributed by atoms with Crippen LogP contribution in [0.25, 0.3) is 0 Å². The number of hydrogen-bond acceptors (Lipinski definition) is 2. The molecule has 0 radical (unpaired) electrons. The average Bonchev–Trinajstić information content (AvgIpc) is 2.81. The van der Waals surface area contributed by atoms with Gasteiger partial charge in [-0.15, -0.1) is 0 Å². The molecule has 1 atom stereocenters. The van der Waals surface area contributed by atoms with Crippen LogP contribution in [-0.2, 0) is 0 Å². The van der Waals surface area contributed by atoms with Gasteiger partial charge >= 0.3 is 0 Å². The van der Waals surface area contributed by atoms with Crippen molar-refractivity contribution in [1.29, 1.82) is 0 Å². The predicted octanol–water partition coefficient (Wildman–Crippen LogP) is 3.11. The summed E-state index contributed by atoms with van der Waals surface area (Å²) >= 11 is 0. The van der Waals surface area contributed by atoms with E-state index in [0.717, 1.165) is 12.8 Å². The Hall–Kier alpha value is -1.02. The zero-order chi connectivity index (χ0) is 11.5. The highest BCUT2D eigenvalue weighted by Gasteiger charge is 2.29. The third kappa shape index (κ3) is 2.07. The molecular formula is C14H22N2. The molecule has 1 unspecified atom stereocenters. The van der Waals surface area contributed by atoms with Gasteiger partial charge in [0.15, 0.2) is 0 Å². The third-order valence-electron chi connectivity index (χ3n) is 3.59. The highest BCUT2D eigenvalue weighted by molar-refractivity contribution is 5.27. The molecule has 0 bridgehead atoms. The summed E-state index contributed by atoms with van der Waals surface area (Å²) < 4.78 is 0. The maximum absolute atomic E-state index is 4.14. The van der Waals surface area contributed by atoms with Crippen molar-refractivity contribution in [2.75, 3.05) is 13.1 Å². The fourth-order valence-corrected chi connectivity index (χ4v) is 2.76. The van der Waals surface area contributed by atoms with Gasteiger partial charge in [-0.1, -0.05) is 25.7 Å². The first-order chi connectivity index (χ1) is 7.76. The Bertz CT molecular complexity index is 311. The van der Waals surface area contributed by atoms with Gasteiger partial charge in [-0.05, 0) is 31.5 Å². The molecule has 0 N–H and O–H groups in total. The fourth-order valence-electron chi connectivity index (χ4n) is 2.76. The van der Waals surface area contributed by atoms with Crippen LogP contribution in [0.1, 0.15) is 32.6 Å². The predicted molar refractivity (Wildman–Crippen MR) is 68.8 cm³/mol. The highest BCUT2D eigenvalue weighted by atomic mass is 15.4. The summed E-state index contributed by atoms with van der Waals surface area (Å²) in [6.07, 6.45) is 9.43. The Morgan fingerprint density at radius 3 is 2.69 bits per heavy atom. The van der Waals surface area contributed by atoms with E-state index < -0.39 is 0 Å². The van der Waals surface area contributed by atoms with E-state index in [1.807, 2.05) is 6.20 Å². The molecule has 0 aromatic carbocycles. The van der Waals surface area contributed by atoms with Crippen LogP contribution in [0.4, 0.5) is 0 Å². The largest absolute Gasteiger partial charge is 0.336 e. The van der Waals surface area contributed by atoms with Crippen molar-refractivity contribution in [3.63, 3.8) is 0 Å². The Morgan fingerprint density at radius 2 is 2.12 bits per heavy atom. The second kappa shape index (κ2) is 4.88. The molecule has 0 aliphatic carbocycles. The van der Waals surface area contributed by atoms with Gasteiger partial charge in [0.05, 0.1) is 6.17 Å². The number of nitrogens with zero attached hydrogens (tertiary/aromatic N) is 2. The van der Waals surface area contributed by atoms with Crippen molar-refractivity contribution in [2.24, 2.45) is 0 Å². The summed E-state index contributed by atoms with van der Waals surface area (Å²) in [5, 5.41) is 0. The molecule has 0 aromatic rings. The minimum Gasteiger partial charge on any atom is -0.336 e. The topological polar surface area (TPSA) is 6.48 Å². The van der Waals surface area contributed by atoms with E-state index in [0.29, 0.717) is 6.17 Å². The van der Waals surface area contributed by atoms with Crippen LogP contribution in [0.5, 0.6) is 0 Å². The molecule has 88 valence electrons. The first-order valence-corrected chi connectivity index (χ1v) is 6.29. The Labute approximate surface area is 98.9 Å². The summed E-state index contributed by atoms with van der Waals surface area (Å²) in [6, 6.07) is 0. The van der Waals surface area contributed by atoms with Crippen molar-refractivity contribution in [2.45, 2.75) is 38.8 Å². The Balaban J connectivity index is 2.20. The molecule has 1 fully saturated rings. The standard InChI is InChI=1S/C14H22N2/c1-4-13-10-12(3)11-14(16(13)5-2)15-8-6-7-9-15/h5,10,14H,2-4,6-9,11H2,1H3. The molecule has 0 amide bonds. The van der Waals surface area contributed by atoms with Crippen LogP contribution in [0.3, 0.4) is 0 Å². The number of likely N-dealkylation sites (tertiary alicyclic amines) is 1. The lowest BCUT2D eigenvalue weighted by Crippen LogP contribution is -2.45. The second-order valence-electron chi connectivity index (χ2n) is 4.67. The van der Waals surface area contributed by atoms with Gasteiger partial charge in [0.25, 0.3) is 0 Å². The van der Waals surface area contributed by atoms with Gasteiger partial charge in [0.1, 0.15) is 0 Å². The molecule has 2 heteroatoms. The van der Waals surface area contributed by atoms with Gasteiger partial charge in [-0.3, -0.25) is 4.90 Å². The lowest BCUT2D eigenvalue weighted by molar-refractivity contribution is 0.117. The van der Waals surface area contributed by atoms with Crippen molar-refractivity contribution < 1.29 is 0 Å². The van der Waals surface area contributed by atoms with Crippen LogP contribution in [0.15, 0.2) is 36.7 Å². The summed E-state index contributed by atoms with van der Waals surface area (Å²) in [7, 11) is 0. The quantitative estimate of drug-likeness (QED) is 0.718. The molecular weight excluding hydrogens is 196 g/mol. The summed E-state index contributed by atoms with van der Waals surface area (Å²) in [5.41, 5.74) is 2.61.